The van der Waals surface area contributed by atoms with E-state index in [1.807, 2.05) is 0 Å². The first kappa shape index (κ1) is 16.8. The van der Waals surface area contributed by atoms with E-state index in [1.165, 1.54) is 41.3 Å². The number of Topliss-reactive ketones (excluding diaryl/α,β-unsaturated/α-hetero) is 1. The number of halogens is 2. The third-order valence-corrected chi connectivity index (χ3v) is 3.49. The number of carbonyl (C=O) groups excluding carboxylic acids is 2. The maximum Gasteiger partial charge on any atom is 0.223 e. The minimum absolute atomic E-state index is 0.0677. The van der Waals surface area contributed by atoms with E-state index < -0.39 is 5.82 Å². The van der Waals surface area contributed by atoms with Crippen molar-refractivity contribution in [3.63, 3.8) is 0 Å². The molecule has 0 aromatic heterocycles. The lowest BCUT2D eigenvalue weighted by Gasteiger charge is -2.17. The van der Waals surface area contributed by atoms with Gasteiger partial charge in [-0.2, -0.15) is 0 Å². The normalized spacial score (nSPS) is 10.4. The van der Waals surface area contributed by atoms with E-state index in [-0.39, 0.29) is 30.3 Å². The third-order valence-electron chi connectivity index (χ3n) is 3.49. The molecule has 0 bridgehead atoms. The molecule has 0 fully saturated rings. The van der Waals surface area contributed by atoms with Gasteiger partial charge >= 0.3 is 0 Å². The Hall–Kier alpha value is -2.56. The van der Waals surface area contributed by atoms with Crippen molar-refractivity contribution in [2.45, 2.75) is 19.4 Å². The highest BCUT2D eigenvalue weighted by Gasteiger charge is 2.13. The molecule has 0 saturated heterocycles. The first-order chi connectivity index (χ1) is 11.0. The smallest absolute Gasteiger partial charge is 0.223 e. The maximum absolute atomic E-state index is 12.8. The van der Waals surface area contributed by atoms with Gasteiger partial charge in [0.1, 0.15) is 11.6 Å². The molecule has 3 nitrogen and oxygen atoms in total. The average molecular weight is 317 g/mol. The molecule has 0 saturated carbocycles. The summed E-state index contributed by atoms with van der Waals surface area (Å²) in [5.74, 6) is -1.11. The fourth-order valence-corrected chi connectivity index (χ4v) is 2.14. The Morgan fingerprint density at radius 3 is 1.96 bits per heavy atom. The summed E-state index contributed by atoms with van der Waals surface area (Å²) in [6, 6.07) is 11.2. The Kier molecular flexibility index (Phi) is 5.57. The number of benzene rings is 2. The molecule has 0 radical (unpaired) electrons. The van der Waals surface area contributed by atoms with Crippen molar-refractivity contribution in [1.29, 1.82) is 0 Å². The molecule has 23 heavy (non-hydrogen) atoms. The molecule has 5 heteroatoms. The molecule has 2 rings (SSSR count). The van der Waals surface area contributed by atoms with Crippen molar-refractivity contribution in [2.75, 3.05) is 7.05 Å². The van der Waals surface area contributed by atoms with Crippen molar-refractivity contribution in [3.8, 4) is 0 Å². The molecular weight excluding hydrogens is 300 g/mol. The van der Waals surface area contributed by atoms with E-state index in [2.05, 4.69) is 0 Å². The van der Waals surface area contributed by atoms with Crippen molar-refractivity contribution in [3.05, 3.63) is 71.3 Å². The van der Waals surface area contributed by atoms with Crippen LogP contribution >= 0.6 is 0 Å². The zero-order valence-corrected chi connectivity index (χ0v) is 12.8. The van der Waals surface area contributed by atoms with Gasteiger partial charge < -0.3 is 4.90 Å². The fraction of sp³-hybridized carbons (Fsp3) is 0.222. The van der Waals surface area contributed by atoms with E-state index in [0.29, 0.717) is 12.1 Å². The van der Waals surface area contributed by atoms with Crippen molar-refractivity contribution < 1.29 is 18.4 Å². The zero-order valence-electron chi connectivity index (χ0n) is 12.8. The van der Waals surface area contributed by atoms with Crippen LogP contribution in [0, 0.1) is 11.6 Å². The summed E-state index contributed by atoms with van der Waals surface area (Å²) in [6.45, 7) is 0.351. The summed E-state index contributed by atoms with van der Waals surface area (Å²) >= 11 is 0. The Bertz CT molecular complexity index is 681. The number of nitrogens with zero attached hydrogens (tertiary/aromatic N) is 1. The minimum Gasteiger partial charge on any atom is -0.341 e. The summed E-state index contributed by atoms with van der Waals surface area (Å²) in [6.07, 6.45) is 0.145. The van der Waals surface area contributed by atoms with Gasteiger partial charge in [0.2, 0.25) is 5.91 Å². The molecule has 0 atom stereocenters. The number of carbonyl (C=O) groups is 2. The first-order valence-electron chi connectivity index (χ1n) is 7.23. The Morgan fingerprint density at radius 1 is 0.870 bits per heavy atom. The highest BCUT2D eigenvalue weighted by Crippen LogP contribution is 2.10. The quantitative estimate of drug-likeness (QED) is 0.764. The molecule has 0 spiro atoms. The molecule has 120 valence electrons. The molecule has 0 heterocycles. The predicted molar refractivity (Wildman–Crippen MR) is 82.8 cm³/mol. The van der Waals surface area contributed by atoms with Crippen LogP contribution in [0.1, 0.15) is 28.8 Å². The lowest BCUT2D eigenvalue weighted by Crippen LogP contribution is -2.26. The van der Waals surface area contributed by atoms with Gasteiger partial charge in [0, 0.05) is 32.0 Å². The molecule has 0 aliphatic heterocycles. The molecule has 0 N–H and O–H groups in total. The van der Waals surface area contributed by atoms with E-state index in [4.69, 9.17) is 0 Å². The van der Waals surface area contributed by atoms with Gasteiger partial charge in [-0.25, -0.2) is 8.78 Å². The molecule has 1 amide bonds. The second kappa shape index (κ2) is 7.63. The van der Waals surface area contributed by atoms with E-state index in [9.17, 15) is 18.4 Å². The van der Waals surface area contributed by atoms with Gasteiger partial charge in [-0.05, 0) is 42.0 Å². The summed E-state index contributed by atoms with van der Waals surface area (Å²) in [7, 11) is 1.63. The van der Waals surface area contributed by atoms with Crippen LogP contribution in [-0.4, -0.2) is 23.6 Å². The van der Waals surface area contributed by atoms with Gasteiger partial charge in [-0.3, -0.25) is 9.59 Å². The highest BCUT2D eigenvalue weighted by molar-refractivity contribution is 5.97. The zero-order chi connectivity index (χ0) is 16.8. The number of ketones is 1. The standard InChI is InChI=1S/C18H17F2NO2/c1-21(12-13-2-6-15(19)7-3-13)18(23)11-10-17(22)14-4-8-16(20)9-5-14/h2-9H,10-12H2,1H3. The molecule has 2 aromatic rings. The first-order valence-corrected chi connectivity index (χ1v) is 7.23. The monoisotopic (exact) mass is 317 g/mol. The number of hydrogen-bond acceptors (Lipinski definition) is 2. The van der Waals surface area contributed by atoms with Crippen LogP contribution in [0.15, 0.2) is 48.5 Å². The van der Waals surface area contributed by atoms with Gasteiger partial charge in [0.25, 0.3) is 0 Å². The lowest BCUT2D eigenvalue weighted by atomic mass is 10.1. The average Bonchev–Trinajstić information content (AvgIpc) is 2.55. The second-order valence-corrected chi connectivity index (χ2v) is 5.31. The summed E-state index contributed by atoms with van der Waals surface area (Å²) in [5.41, 5.74) is 1.20. The maximum atomic E-state index is 12.8. The highest BCUT2D eigenvalue weighted by atomic mass is 19.1. The topological polar surface area (TPSA) is 37.4 Å². The Labute approximate surface area is 133 Å². The lowest BCUT2D eigenvalue weighted by molar-refractivity contribution is -0.130. The van der Waals surface area contributed by atoms with E-state index >= 15 is 0 Å². The SMILES string of the molecule is CN(Cc1ccc(F)cc1)C(=O)CCC(=O)c1ccc(F)cc1. The van der Waals surface area contributed by atoms with Crippen molar-refractivity contribution in [2.24, 2.45) is 0 Å². The largest absolute Gasteiger partial charge is 0.341 e. The molecule has 0 unspecified atom stereocenters. The van der Waals surface area contributed by atoms with E-state index in [0.717, 1.165) is 5.56 Å². The van der Waals surface area contributed by atoms with Crippen molar-refractivity contribution in [1.82, 2.24) is 4.90 Å². The van der Waals surface area contributed by atoms with Crippen LogP contribution in [0.3, 0.4) is 0 Å². The van der Waals surface area contributed by atoms with Crippen LogP contribution in [0.5, 0.6) is 0 Å². The van der Waals surface area contributed by atoms with Crippen LogP contribution in [0.25, 0.3) is 0 Å². The Morgan fingerprint density at radius 2 is 1.39 bits per heavy atom. The van der Waals surface area contributed by atoms with Gasteiger partial charge in [0.05, 0.1) is 0 Å². The van der Waals surface area contributed by atoms with E-state index in [1.54, 1.807) is 19.2 Å². The number of hydrogen-bond donors (Lipinski definition) is 0. The predicted octanol–water partition coefficient (Wildman–Crippen LogP) is 3.59. The minimum atomic E-state index is -0.406. The van der Waals surface area contributed by atoms with Crippen LogP contribution in [0.4, 0.5) is 8.78 Å². The summed E-state index contributed by atoms with van der Waals surface area (Å²) in [5, 5.41) is 0. The number of rotatable bonds is 6. The summed E-state index contributed by atoms with van der Waals surface area (Å²) in [4.78, 5) is 25.5. The molecule has 2 aromatic carbocycles. The van der Waals surface area contributed by atoms with Crippen molar-refractivity contribution >= 4 is 11.7 Å². The molecule has 0 aliphatic rings. The van der Waals surface area contributed by atoms with Gasteiger partial charge in [-0.15, -0.1) is 0 Å². The van der Waals surface area contributed by atoms with Gasteiger partial charge in [-0.1, -0.05) is 12.1 Å². The van der Waals surface area contributed by atoms with Crippen LogP contribution < -0.4 is 0 Å². The van der Waals surface area contributed by atoms with Gasteiger partial charge in [0.15, 0.2) is 5.78 Å². The fourth-order valence-electron chi connectivity index (χ4n) is 2.14. The number of amides is 1. The molecular formula is C18H17F2NO2. The van der Waals surface area contributed by atoms with Crippen LogP contribution in [0.2, 0.25) is 0 Å². The Balaban J connectivity index is 1.84. The second-order valence-electron chi connectivity index (χ2n) is 5.31. The third kappa shape index (κ3) is 4.98. The summed E-state index contributed by atoms with van der Waals surface area (Å²) < 4.78 is 25.6. The van der Waals surface area contributed by atoms with Crippen LogP contribution in [-0.2, 0) is 11.3 Å². The molecule has 0 aliphatic carbocycles.